The van der Waals surface area contributed by atoms with Crippen molar-refractivity contribution in [2.45, 2.75) is 59.2 Å². The van der Waals surface area contributed by atoms with Crippen molar-refractivity contribution in [3.8, 4) is 11.5 Å². The molecule has 0 bridgehead atoms. The second kappa shape index (κ2) is 14.0. The third kappa shape index (κ3) is 8.09. The van der Waals surface area contributed by atoms with Crippen molar-refractivity contribution in [1.29, 1.82) is 0 Å². The molecule has 0 unspecified atom stereocenters. The van der Waals surface area contributed by atoms with Crippen LogP contribution in [0.3, 0.4) is 0 Å². The van der Waals surface area contributed by atoms with Crippen molar-refractivity contribution in [3.63, 3.8) is 0 Å². The first-order valence-electron chi connectivity index (χ1n) is 12.9. The fraction of sp³-hybridized carbons (Fsp3) is 0.355. The Hall–Kier alpha value is -3.32. The van der Waals surface area contributed by atoms with Gasteiger partial charge in [0.1, 0.15) is 17.5 Å². The monoisotopic (exact) mass is 580 g/mol. The summed E-state index contributed by atoms with van der Waals surface area (Å²) in [6.07, 6.45) is 1.17. The summed E-state index contributed by atoms with van der Waals surface area (Å²) in [7, 11) is 1.61. The fourth-order valence-corrected chi connectivity index (χ4v) is 4.41. The van der Waals surface area contributed by atoms with Gasteiger partial charge < -0.3 is 19.7 Å². The third-order valence-corrected chi connectivity index (χ3v) is 7.78. The van der Waals surface area contributed by atoms with Gasteiger partial charge in [-0.3, -0.25) is 9.59 Å². The number of amides is 2. The molecule has 3 aromatic carbocycles. The number of rotatable bonds is 12. The molecule has 0 saturated heterocycles. The van der Waals surface area contributed by atoms with Crippen molar-refractivity contribution in [2.24, 2.45) is 0 Å². The van der Waals surface area contributed by atoms with Gasteiger partial charge in [0.25, 0.3) is 5.91 Å². The molecule has 0 aliphatic carbocycles. The minimum absolute atomic E-state index is 0.0143. The van der Waals surface area contributed by atoms with E-state index in [2.05, 4.69) is 21.2 Å². The maximum absolute atomic E-state index is 13.8. The number of hydrogen-bond donors (Lipinski definition) is 1. The van der Waals surface area contributed by atoms with E-state index in [0.29, 0.717) is 17.9 Å². The number of halogens is 1. The van der Waals surface area contributed by atoms with Crippen LogP contribution in [-0.2, 0) is 22.6 Å². The molecule has 3 aromatic rings. The van der Waals surface area contributed by atoms with E-state index in [-0.39, 0.29) is 31.0 Å². The van der Waals surface area contributed by atoms with Gasteiger partial charge in [0.05, 0.1) is 7.11 Å². The standard InChI is InChI=1S/C31H37BrN2O4/c1-6-23(4)33-31(36)28(18-24-11-8-7-9-12-24)34(19-25-13-10-14-26(17-25)37-5)29(35)20-38-27-15-21(2)30(32)22(3)16-27/h7-17,23,28H,6,18-20H2,1-5H3,(H,33,36)/t23-,28+/m0/s1. The molecule has 3 rings (SSSR count). The number of benzene rings is 3. The number of nitrogens with zero attached hydrogens (tertiary/aromatic N) is 1. The first kappa shape index (κ1) is 29.2. The maximum atomic E-state index is 13.8. The van der Waals surface area contributed by atoms with Gasteiger partial charge in [-0.15, -0.1) is 0 Å². The highest BCUT2D eigenvalue weighted by Crippen LogP contribution is 2.26. The second-order valence-electron chi connectivity index (χ2n) is 9.56. The average Bonchev–Trinajstić information content (AvgIpc) is 2.92. The van der Waals surface area contributed by atoms with Crippen molar-refractivity contribution in [1.82, 2.24) is 10.2 Å². The van der Waals surface area contributed by atoms with Crippen molar-refractivity contribution < 1.29 is 19.1 Å². The Balaban J connectivity index is 1.94. The lowest BCUT2D eigenvalue weighted by Crippen LogP contribution is -2.53. The molecule has 2 amide bonds. The molecule has 0 saturated carbocycles. The quantitative estimate of drug-likeness (QED) is 0.285. The first-order valence-corrected chi connectivity index (χ1v) is 13.7. The third-order valence-electron chi connectivity index (χ3n) is 6.53. The minimum atomic E-state index is -0.720. The van der Waals surface area contributed by atoms with Crippen LogP contribution in [0.2, 0.25) is 0 Å². The van der Waals surface area contributed by atoms with Crippen LogP contribution in [0.5, 0.6) is 11.5 Å². The van der Waals surface area contributed by atoms with Crippen molar-refractivity contribution >= 4 is 27.7 Å². The van der Waals surface area contributed by atoms with Crippen LogP contribution in [0.4, 0.5) is 0 Å². The highest BCUT2D eigenvalue weighted by Gasteiger charge is 2.31. The number of carbonyl (C=O) groups excluding carboxylic acids is 2. The van der Waals surface area contributed by atoms with Crippen LogP contribution in [0.25, 0.3) is 0 Å². The molecular weight excluding hydrogens is 544 g/mol. The lowest BCUT2D eigenvalue weighted by molar-refractivity contribution is -0.143. The van der Waals surface area contributed by atoms with E-state index in [1.807, 2.05) is 94.4 Å². The molecule has 0 aliphatic heterocycles. The Morgan fingerprint density at radius 2 is 1.61 bits per heavy atom. The minimum Gasteiger partial charge on any atom is -0.497 e. The molecule has 0 radical (unpaired) electrons. The fourth-order valence-electron chi connectivity index (χ4n) is 4.18. The van der Waals surface area contributed by atoms with Gasteiger partial charge in [-0.05, 0) is 73.7 Å². The molecular formula is C31H37BrN2O4. The molecule has 0 aromatic heterocycles. The molecule has 1 N–H and O–H groups in total. The summed E-state index contributed by atoms with van der Waals surface area (Å²) < 4.78 is 12.4. The van der Waals surface area contributed by atoms with Crippen LogP contribution in [0, 0.1) is 13.8 Å². The van der Waals surface area contributed by atoms with E-state index in [0.717, 1.165) is 33.1 Å². The largest absolute Gasteiger partial charge is 0.497 e. The van der Waals surface area contributed by atoms with Crippen LogP contribution >= 0.6 is 15.9 Å². The predicted molar refractivity (Wildman–Crippen MR) is 154 cm³/mol. The van der Waals surface area contributed by atoms with Crippen molar-refractivity contribution in [2.75, 3.05) is 13.7 Å². The number of carbonyl (C=O) groups is 2. The van der Waals surface area contributed by atoms with Gasteiger partial charge in [-0.2, -0.15) is 0 Å². The van der Waals surface area contributed by atoms with E-state index in [9.17, 15) is 9.59 Å². The van der Waals surface area contributed by atoms with Gasteiger partial charge in [0.15, 0.2) is 6.61 Å². The molecule has 0 aliphatic rings. The number of aryl methyl sites for hydroxylation is 2. The van der Waals surface area contributed by atoms with E-state index in [4.69, 9.17) is 9.47 Å². The summed E-state index contributed by atoms with van der Waals surface area (Å²) in [4.78, 5) is 29.0. The van der Waals surface area contributed by atoms with Crippen molar-refractivity contribution in [3.05, 3.63) is 93.5 Å². The van der Waals surface area contributed by atoms with Crippen LogP contribution in [0.1, 0.15) is 42.5 Å². The van der Waals surface area contributed by atoms with Gasteiger partial charge in [-0.25, -0.2) is 0 Å². The zero-order valence-electron chi connectivity index (χ0n) is 22.8. The zero-order valence-corrected chi connectivity index (χ0v) is 24.4. The first-order chi connectivity index (χ1) is 18.2. The van der Waals surface area contributed by atoms with E-state index >= 15 is 0 Å². The van der Waals surface area contributed by atoms with Gasteiger partial charge >= 0.3 is 0 Å². The molecule has 0 spiro atoms. The summed E-state index contributed by atoms with van der Waals surface area (Å²) >= 11 is 3.57. The Morgan fingerprint density at radius 1 is 0.947 bits per heavy atom. The molecule has 2 atom stereocenters. The Morgan fingerprint density at radius 3 is 2.24 bits per heavy atom. The van der Waals surface area contributed by atoms with E-state index < -0.39 is 6.04 Å². The molecule has 6 nitrogen and oxygen atoms in total. The van der Waals surface area contributed by atoms with E-state index in [1.165, 1.54) is 0 Å². The van der Waals surface area contributed by atoms with Crippen LogP contribution in [-0.4, -0.2) is 42.5 Å². The molecule has 0 fully saturated rings. The number of methoxy groups -OCH3 is 1. The average molecular weight is 582 g/mol. The summed E-state index contributed by atoms with van der Waals surface area (Å²) in [6, 6.07) is 20.4. The summed E-state index contributed by atoms with van der Waals surface area (Å²) in [6.45, 7) is 8.00. The van der Waals surface area contributed by atoms with Gasteiger partial charge in [-0.1, -0.05) is 65.3 Å². The molecule has 202 valence electrons. The summed E-state index contributed by atoms with van der Waals surface area (Å²) in [5, 5.41) is 3.08. The highest BCUT2D eigenvalue weighted by atomic mass is 79.9. The molecule has 0 heterocycles. The predicted octanol–water partition coefficient (Wildman–Crippen LogP) is 6.01. The lowest BCUT2D eigenvalue weighted by Gasteiger charge is -2.32. The van der Waals surface area contributed by atoms with E-state index in [1.54, 1.807) is 12.0 Å². The summed E-state index contributed by atoms with van der Waals surface area (Å²) in [5.74, 6) is 0.846. The topological polar surface area (TPSA) is 67.9 Å². The molecule has 38 heavy (non-hydrogen) atoms. The number of nitrogens with one attached hydrogen (secondary N) is 1. The summed E-state index contributed by atoms with van der Waals surface area (Å²) in [5.41, 5.74) is 3.88. The number of ether oxygens (including phenoxy) is 2. The Kier molecular flexibility index (Phi) is 10.8. The normalized spacial score (nSPS) is 12.4. The van der Waals surface area contributed by atoms with Crippen LogP contribution in [0.15, 0.2) is 71.2 Å². The van der Waals surface area contributed by atoms with Crippen LogP contribution < -0.4 is 14.8 Å². The second-order valence-corrected chi connectivity index (χ2v) is 10.3. The van der Waals surface area contributed by atoms with Gasteiger partial charge in [0.2, 0.25) is 5.91 Å². The Bertz CT molecular complexity index is 1210. The molecule has 7 heteroatoms. The smallest absolute Gasteiger partial charge is 0.261 e. The maximum Gasteiger partial charge on any atom is 0.261 e. The van der Waals surface area contributed by atoms with Gasteiger partial charge in [0, 0.05) is 23.5 Å². The number of hydrogen-bond acceptors (Lipinski definition) is 4. The highest BCUT2D eigenvalue weighted by molar-refractivity contribution is 9.10. The Labute approximate surface area is 234 Å². The SMILES string of the molecule is CC[C@H](C)NC(=O)[C@@H](Cc1ccccc1)N(Cc1cccc(OC)c1)C(=O)COc1cc(C)c(Br)c(C)c1. The zero-order chi connectivity index (χ0) is 27.7. The lowest BCUT2D eigenvalue weighted by atomic mass is 10.0.